The summed E-state index contributed by atoms with van der Waals surface area (Å²) < 4.78 is 31.4. The lowest BCUT2D eigenvalue weighted by molar-refractivity contribution is 0.148. The molecular formula is C9H14N2O3S2. The third-order valence-electron chi connectivity index (χ3n) is 2.37. The van der Waals surface area contributed by atoms with E-state index in [0.717, 1.165) is 17.8 Å². The molecule has 1 aliphatic rings. The van der Waals surface area contributed by atoms with Gasteiger partial charge in [-0.25, -0.2) is 8.42 Å². The molecule has 16 heavy (non-hydrogen) atoms. The van der Waals surface area contributed by atoms with Crippen LogP contribution in [0.25, 0.3) is 0 Å². The van der Waals surface area contributed by atoms with Crippen LogP contribution in [-0.2, 0) is 14.8 Å². The summed E-state index contributed by atoms with van der Waals surface area (Å²) in [6.07, 6.45) is 0.736. The molecule has 0 bridgehead atoms. The molecule has 2 N–H and O–H groups in total. The predicted molar refractivity (Wildman–Crippen MR) is 62.9 cm³/mol. The Balaban J connectivity index is 2.23. The summed E-state index contributed by atoms with van der Waals surface area (Å²) in [5.74, 6) is 0. The van der Waals surface area contributed by atoms with Gasteiger partial charge in [-0.2, -0.15) is 4.31 Å². The van der Waals surface area contributed by atoms with Crippen molar-refractivity contribution in [3.05, 3.63) is 11.4 Å². The van der Waals surface area contributed by atoms with E-state index in [4.69, 9.17) is 10.5 Å². The summed E-state index contributed by atoms with van der Waals surface area (Å²) in [6.45, 7) is 2.01. The second-order valence-electron chi connectivity index (χ2n) is 3.57. The van der Waals surface area contributed by atoms with Gasteiger partial charge < -0.3 is 10.5 Å². The number of nitrogen functional groups attached to an aromatic ring is 1. The molecule has 1 aliphatic heterocycles. The Morgan fingerprint density at radius 2 is 2.19 bits per heavy atom. The highest BCUT2D eigenvalue weighted by Crippen LogP contribution is 2.25. The molecule has 1 aromatic rings. The lowest BCUT2D eigenvalue weighted by atomic mass is 10.5. The lowest BCUT2D eigenvalue weighted by Gasteiger charge is -2.17. The van der Waals surface area contributed by atoms with Gasteiger partial charge in [0, 0.05) is 30.8 Å². The van der Waals surface area contributed by atoms with Gasteiger partial charge in [-0.1, -0.05) is 0 Å². The van der Waals surface area contributed by atoms with Gasteiger partial charge in [0.05, 0.1) is 6.61 Å². The SMILES string of the molecule is Nc1csc(S(=O)(=O)N2CCCOCC2)c1. The van der Waals surface area contributed by atoms with Crippen LogP contribution in [0.4, 0.5) is 5.69 Å². The largest absolute Gasteiger partial charge is 0.398 e. The number of rotatable bonds is 2. The van der Waals surface area contributed by atoms with Crippen LogP contribution in [0.1, 0.15) is 6.42 Å². The van der Waals surface area contributed by atoms with E-state index in [1.54, 1.807) is 5.38 Å². The average Bonchev–Trinajstić information content (AvgIpc) is 2.54. The Morgan fingerprint density at radius 3 is 2.88 bits per heavy atom. The molecule has 1 fully saturated rings. The number of nitrogens with two attached hydrogens (primary N) is 1. The highest BCUT2D eigenvalue weighted by molar-refractivity contribution is 7.91. The zero-order chi connectivity index (χ0) is 11.6. The molecule has 0 saturated carbocycles. The van der Waals surface area contributed by atoms with Gasteiger partial charge in [0.15, 0.2) is 0 Å². The van der Waals surface area contributed by atoms with Gasteiger partial charge in [0.25, 0.3) is 10.0 Å². The fourth-order valence-electron chi connectivity index (χ4n) is 1.56. The molecule has 2 heterocycles. The van der Waals surface area contributed by atoms with Crippen LogP contribution >= 0.6 is 11.3 Å². The molecule has 2 rings (SSSR count). The van der Waals surface area contributed by atoms with Crippen LogP contribution in [0, 0.1) is 0 Å². The van der Waals surface area contributed by atoms with Gasteiger partial charge >= 0.3 is 0 Å². The number of nitrogens with zero attached hydrogens (tertiary/aromatic N) is 1. The molecule has 0 aromatic carbocycles. The number of anilines is 1. The van der Waals surface area contributed by atoms with Crippen LogP contribution in [-0.4, -0.2) is 39.0 Å². The Hall–Kier alpha value is -0.630. The van der Waals surface area contributed by atoms with Crippen LogP contribution in [0.2, 0.25) is 0 Å². The fourth-order valence-corrected chi connectivity index (χ4v) is 4.25. The molecule has 0 atom stereocenters. The summed E-state index contributed by atoms with van der Waals surface area (Å²) in [4.78, 5) is 0. The van der Waals surface area contributed by atoms with Crippen molar-refractivity contribution in [2.45, 2.75) is 10.6 Å². The first-order valence-electron chi connectivity index (χ1n) is 5.02. The summed E-state index contributed by atoms with van der Waals surface area (Å²) in [5.41, 5.74) is 6.03. The number of hydrogen-bond donors (Lipinski definition) is 1. The van der Waals surface area contributed by atoms with E-state index in [9.17, 15) is 8.42 Å². The molecule has 0 spiro atoms. The Kier molecular flexibility index (Phi) is 3.48. The summed E-state index contributed by atoms with van der Waals surface area (Å²) >= 11 is 1.16. The van der Waals surface area contributed by atoms with Gasteiger partial charge in [-0.05, 0) is 12.5 Å². The van der Waals surface area contributed by atoms with Crippen molar-refractivity contribution >= 4 is 27.0 Å². The predicted octanol–water partition coefficient (Wildman–Crippen LogP) is 0.741. The highest BCUT2D eigenvalue weighted by atomic mass is 32.2. The van der Waals surface area contributed by atoms with E-state index >= 15 is 0 Å². The fraction of sp³-hybridized carbons (Fsp3) is 0.556. The topological polar surface area (TPSA) is 72.6 Å². The molecule has 5 nitrogen and oxygen atoms in total. The van der Waals surface area contributed by atoms with E-state index in [1.165, 1.54) is 10.4 Å². The van der Waals surface area contributed by atoms with Crippen molar-refractivity contribution in [2.24, 2.45) is 0 Å². The van der Waals surface area contributed by atoms with Crippen molar-refractivity contribution in [2.75, 3.05) is 32.0 Å². The first kappa shape index (κ1) is 11.8. The second kappa shape index (κ2) is 4.70. The van der Waals surface area contributed by atoms with E-state index < -0.39 is 10.0 Å². The second-order valence-corrected chi connectivity index (χ2v) is 6.65. The van der Waals surface area contributed by atoms with Crippen molar-refractivity contribution in [1.29, 1.82) is 0 Å². The van der Waals surface area contributed by atoms with Crippen LogP contribution in [0.15, 0.2) is 15.7 Å². The normalized spacial score (nSPS) is 19.5. The maximum atomic E-state index is 12.2. The lowest BCUT2D eigenvalue weighted by Crippen LogP contribution is -2.32. The molecule has 0 radical (unpaired) electrons. The molecule has 1 aromatic heterocycles. The Morgan fingerprint density at radius 1 is 1.38 bits per heavy atom. The zero-order valence-corrected chi connectivity index (χ0v) is 10.4. The number of sulfonamides is 1. The van der Waals surface area contributed by atoms with Crippen molar-refractivity contribution in [3.63, 3.8) is 0 Å². The van der Waals surface area contributed by atoms with Crippen molar-refractivity contribution in [3.8, 4) is 0 Å². The van der Waals surface area contributed by atoms with Gasteiger partial charge in [0.2, 0.25) is 0 Å². The quantitative estimate of drug-likeness (QED) is 0.853. The Labute approximate surface area is 98.9 Å². The number of thiophene rings is 1. The Bertz CT molecular complexity index is 447. The molecule has 0 aliphatic carbocycles. The van der Waals surface area contributed by atoms with Crippen LogP contribution in [0.3, 0.4) is 0 Å². The average molecular weight is 262 g/mol. The van der Waals surface area contributed by atoms with Crippen molar-refractivity contribution in [1.82, 2.24) is 4.31 Å². The summed E-state index contributed by atoms with van der Waals surface area (Å²) in [5, 5.41) is 1.64. The van der Waals surface area contributed by atoms with E-state index in [1.807, 2.05) is 0 Å². The minimum atomic E-state index is -3.37. The summed E-state index contributed by atoms with van der Waals surface area (Å²) in [6, 6.07) is 1.51. The van der Waals surface area contributed by atoms with E-state index in [-0.39, 0.29) is 0 Å². The third kappa shape index (κ3) is 2.37. The zero-order valence-electron chi connectivity index (χ0n) is 8.76. The smallest absolute Gasteiger partial charge is 0.252 e. The minimum Gasteiger partial charge on any atom is -0.398 e. The monoisotopic (exact) mass is 262 g/mol. The van der Waals surface area contributed by atoms with Crippen LogP contribution in [0.5, 0.6) is 0 Å². The molecule has 0 unspecified atom stereocenters. The maximum Gasteiger partial charge on any atom is 0.252 e. The molecular weight excluding hydrogens is 248 g/mol. The first-order valence-corrected chi connectivity index (χ1v) is 7.34. The maximum absolute atomic E-state index is 12.2. The first-order chi connectivity index (χ1) is 7.60. The highest BCUT2D eigenvalue weighted by Gasteiger charge is 2.26. The molecule has 1 saturated heterocycles. The number of hydrogen-bond acceptors (Lipinski definition) is 5. The third-order valence-corrected chi connectivity index (χ3v) is 5.70. The standard InChI is InChI=1S/C9H14N2O3S2/c10-8-6-9(15-7-8)16(12,13)11-2-1-4-14-5-3-11/h6-7H,1-5,10H2. The minimum absolute atomic E-state index is 0.312. The van der Waals surface area contributed by atoms with E-state index in [0.29, 0.717) is 36.2 Å². The summed E-state index contributed by atoms with van der Waals surface area (Å²) in [7, 11) is -3.37. The molecule has 0 amide bonds. The van der Waals surface area contributed by atoms with E-state index in [2.05, 4.69) is 0 Å². The molecule has 7 heteroatoms. The number of ether oxygens (including phenoxy) is 1. The van der Waals surface area contributed by atoms with Gasteiger partial charge in [-0.3, -0.25) is 0 Å². The van der Waals surface area contributed by atoms with Crippen LogP contribution < -0.4 is 5.73 Å². The van der Waals surface area contributed by atoms with Gasteiger partial charge in [-0.15, -0.1) is 11.3 Å². The van der Waals surface area contributed by atoms with Gasteiger partial charge in [0.1, 0.15) is 4.21 Å². The molecule has 90 valence electrons. The van der Waals surface area contributed by atoms with Crippen molar-refractivity contribution < 1.29 is 13.2 Å².